The van der Waals surface area contributed by atoms with Gasteiger partial charge in [0.2, 0.25) is 0 Å². The quantitative estimate of drug-likeness (QED) is 0.453. The van der Waals surface area contributed by atoms with Gasteiger partial charge in [-0.15, -0.1) is 0 Å². The first-order valence-electron chi connectivity index (χ1n) is 2.05. The zero-order valence-corrected chi connectivity index (χ0v) is 5.92. The van der Waals surface area contributed by atoms with Crippen molar-refractivity contribution in [1.82, 2.24) is 4.72 Å². The lowest BCUT2D eigenvalue weighted by atomic mass is 10.5. The lowest BCUT2D eigenvalue weighted by Crippen LogP contribution is -2.22. The number of nitrogens with one attached hydrogen (secondary N) is 1. The molecule has 0 aromatic heterocycles. The van der Waals surface area contributed by atoms with Gasteiger partial charge in [-0.05, 0) is 0 Å². The van der Waals surface area contributed by atoms with Crippen molar-refractivity contribution in [2.45, 2.75) is 0 Å². The van der Waals surface area contributed by atoms with Crippen LogP contribution in [0.5, 0.6) is 0 Å². The van der Waals surface area contributed by atoms with Crippen LogP contribution in [0, 0.1) is 0 Å². The molecule has 9 heavy (non-hydrogen) atoms. The summed E-state index contributed by atoms with van der Waals surface area (Å²) in [5, 5.41) is 0.898. The van der Waals surface area contributed by atoms with E-state index in [1.807, 2.05) is 4.72 Å². The molecule has 3 N–H and O–H groups in total. The van der Waals surface area contributed by atoms with E-state index in [9.17, 15) is 8.42 Å². The molecule has 0 aromatic rings. The Kier molecular flexibility index (Phi) is 1.21. The average molecular weight is 164 g/mol. The maximum absolute atomic E-state index is 10.5. The molecule has 0 fully saturated rings. The van der Waals surface area contributed by atoms with Crippen molar-refractivity contribution >= 4 is 27.2 Å². The predicted molar refractivity (Wildman–Crippen MR) is 36.9 cm³/mol. The standard InChI is InChI=1S/C3H4N2O2S2/c4-2-1-9(6,7)5-3(2)8/h1H,4H2,(H,5,8). The molecule has 0 aliphatic carbocycles. The first kappa shape index (κ1) is 6.50. The number of thiocarbonyl (C=S) groups is 1. The van der Waals surface area contributed by atoms with E-state index in [0.29, 0.717) is 0 Å². The second kappa shape index (κ2) is 1.68. The molecule has 0 saturated carbocycles. The van der Waals surface area contributed by atoms with Crippen molar-refractivity contribution in [2.24, 2.45) is 5.73 Å². The molecule has 0 bridgehead atoms. The van der Waals surface area contributed by atoms with Crippen LogP contribution in [0.3, 0.4) is 0 Å². The highest BCUT2D eigenvalue weighted by Crippen LogP contribution is 2.02. The van der Waals surface area contributed by atoms with E-state index < -0.39 is 10.0 Å². The highest BCUT2D eigenvalue weighted by molar-refractivity contribution is 7.95. The second-order valence-corrected chi connectivity index (χ2v) is 3.49. The maximum Gasteiger partial charge on any atom is 0.257 e. The Morgan fingerprint density at radius 2 is 2.22 bits per heavy atom. The van der Waals surface area contributed by atoms with Gasteiger partial charge in [-0.2, -0.15) is 0 Å². The van der Waals surface area contributed by atoms with Crippen molar-refractivity contribution in [2.75, 3.05) is 0 Å². The summed E-state index contributed by atoms with van der Waals surface area (Å²) in [6.07, 6.45) is 0. The first-order chi connectivity index (χ1) is 4.01. The third-order valence-electron chi connectivity index (χ3n) is 0.779. The molecule has 1 aliphatic rings. The Bertz CT molecular complexity index is 276. The van der Waals surface area contributed by atoms with Crippen LogP contribution in [0.4, 0.5) is 0 Å². The Morgan fingerprint density at radius 1 is 1.67 bits per heavy atom. The maximum atomic E-state index is 10.5. The molecule has 50 valence electrons. The fraction of sp³-hybridized carbons (Fsp3) is 0. The van der Waals surface area contributed by atoms with Gasteiger partial charge >= 0.3 is 0 Å². The van der Waals surface area contributed by atoms with Crippen LogP contribution >= 0.6 is 12.2 Å². The van der Waals surface area contributed by atoms with Crippen molar-refractivity contribution < 1.29 is 8.42 Å². The SMILES string of the molecule is NC1=CS(=O)(=O)NC1=S. The van der Waals surface area contributed by atoms with Crippen LogP contribution in [0.15, 0.2) is 11.1 Å². The van der Waals surface area contributed by atoms with E-state index in [1.54, 1.807) is 0 Å². The van der Waals surface area contributed by atoms with Gasteiger partial charge in [0.05, 0.1) is 11.1 Å². The highest BCUT2D eigenvalue weighted by Gasteiger charge is 2.19. The lowest BCUT2D eigenvalue weighted by molar-refractivity contribution is 0.603. The highest BCUT2D eigenvalue weighted by atomic mass is 32.2. The smallest absolute Gasteiger partial charge is 0.257 e. The van der Waals surface area contributed by atoms with Crippen LogP contribution in [0.25, 0.3) is 0 Å². The normalized spacial score (nSPS) is 23.1. The molecule has 1 aliphatic heterocycles. The molecule has 1 heterocycles. The zero-order valence-electron chi connectivity index (χ0n) is 4.29. The Morgan fingerprint density at radius 3 is 2.33 bits per heavy atom. The number of hydrogen-bond donors (Lipinski definition) is 2. The number of hydrogen-bond acceptors (Lipinski definition) is 4. The molecule has 0 saturated heterocycles. The van der Waals surface area contributed by atoms with Gasteiger partial charge in [0, 0.05) is 0 Å². The summed E-state index contributed by atoms with van der Waals surface area (Å²) in [6, 6.07) is 0. The largest absolute Gasteiger partial charge is 0.396 e. The summed E-state index contributed by atoms with van der Waals surface area (Å²) in [6.45, 7) is 0. The topological polar surface area (TPSA) is 72.2 Å². The molecule has 0 radical (unpaired) electrons. The lowest BCUT2D eigenvalue weighted by Gasteiger charge is -1.90. The van der Waals surface area contributed by atoms with Crippen molar-refractivity contribution in [3.05, 3.63) is 11.1 Å². The average Bonchev–Trinajstić information content (AvgIpc) is 1.79. The van der Waals surface area contributed by atoms with Crippen LogP contribution in [-0.2, 0) is 10.0 Å². The van der Waals surface area contributed by atoms with E-state index in [-0.39, 0.29) is 10.7 Å². The van der Waals surface area contributed by atoms with Gasteiger partial charge in [-0.25, -0.2) is 8.42 Å². The van der Waals surface area contributed by atoms with Crippen molar-refractivity contribution in [3.63, 3.8) is 0 Å². The molecule has 6 heteroatoms. The Hall–Kier alpha value is -0.620. The molecule has 0 unspecified atom stereocenters. The van der Waals surface area contributed by atoms with E-state index >= 15 is 0 Å². The Labute approximate surface area is 57.8 Å². The fourth-order valence-electron chi connectivity index (χ4n) is 0.438. The second-order valence-electron chi connectivity index (χ2n) is 1.55. The summed E-state index contributed by atoms with van der Waals surface area (Å²) in [5.74, 6) is 0. The van der Waals surface area contributed by atoms with Gasteiger partial charge in [-0.3, -0.25) is 4.72 Å². The van der Waals surface area contributed by atoms with Crippen molar-refractivity contribution in [3.8, 4) is 0 Å². The molecule has 0 spiro atoms. The first-order valence-corrected chi connectivity index (χ1v) is 4.01. The zero-order chi connectivity index (χ0) is 7.07. The molecule has 0 amide bonds. The monoisotopic (exact) mass is 164 g/mol. The third-order valence-corrected chi connectivity index (χ3v) is 2.30. The molecule has 1 rings (SSSR count). The minimum absolute atomic E-state index is 0.0787. The summed E-state index contributed by atoms with van der Waals surface area (Å²) in [5.41, 5.74) is 5.23. The van der Waals surface area contributed by atoms with Crippen LogP contribution in [-0.4, -0.2) is 13.4 Å². The summed E-state index contributed by atoms with van der Waals surface area (Å²) < 4.78 is 23.0. The number of rotatable bonds is 0. The van der Waals surface area contributed by atoms with Gasteiger partial charge in [0.15, 0.2) is 0 Å². The van der Waals surface area contributed by atoms with Gasteiger partial charge < -0.3 is 5.73 Å². The van der Waals surface area contributed by atoms with Crippen molar-refractivity contribution in [1.29, 1.82) is 0 Å². The van der Waals surface area contributed by atoms with Gasteiger partial charge in [0.1, 0.15) is 4.99 Å². The summed E-state index contributed by atoms with van der Waals surface area (Å²) in [7, 11) is -3.32. The summed E-state index contributed by atoms with van der Waals surface area (Å²) >= 11 is 4.51. The molecule has 0 atom stereocenters. The third kappa shape index (κ3) is 1.19. The number of nitrogens with two attached hydrogens (primary N) is 1. The number of sulfonamides is 1. The summed E-state index contributed by atoms with van der Waals surface area (Å²) in [4.78, 5) is 0.0787. The van der Waals surface area contributed by atoms with Crippen LogP contribution in [0.1, 0.15) is 0 Å². The molecule has 0 aromatic carbocycles. The van der Waals surface area contributed by atoms with E-state index in [2.05, 4.69) is 12.2 Å². The van der Waals surface area contributed by atoms with Crippen LogP contribution < -0.4 is 10.5 Å². The molecular weight excluding hydrogens is 160 g/mol. The van der Waals surface area contributed by atoms with E-state index in [4.69, 9.17) is 5.73 Å². The van der Waals surface area contributed by atoms with Gasteiger partial charge in [-0.1, -0.05) is 12.2 Å². The minimum atomic E-state index is -3.32. The molecular formula is C3H4N2O2S2. The Balaban J connectivity index is 3.15. The van der Waals surface area contributed by atoms with E-state index in [1.165, 1.54) is 0 Å². The van der Waals surface area contributed by atoms with Crippen LogP contribution in [0.2, 0.25) is 0 Å². The van der Waals surface area contributed by atoms with Gasteiger partial charge in [0.25, 0.3) is 10.0 Å². The predicted octanol–water partition coefficient (Wildman–Crippen LogP) is -0.953. The van der Waals surface area contributed by atoms with E-state index in [0.717, 1.165) is 5.41 Å². The molecule has 4 nitrogen and oxygen atoms in total. The fourth-order valence-corrected chi connectivity index (χ4v) is 1.81. The minimum Gasteiger partial charge on any atom is -0.396 e.